The first-order chi connectivity index (χ1) is 11.6. The van der Waals surface area contributed by atoms with Crippen molar-refractivity contribution in [3.8, 4) is 0 Å². The Labute approximate surface area is 139 Å². The largest absolute Gasteiger partial charge is 0.481 e. The molecule has 138 valence electrons. The fourth-order valence-electron chi connectivity index (χ4n) is 2.70. The number of halogens is 1. The molecule has 1 aliphatic heterocycles. The van der Waals surface area contributed by atoms with Crippen molar-refractivity contribution in [3.63, 3.8) is 0 Å². The summed E-state index contributed by atoms with van der Waals surface area (Å²) in [5, 5.41) is 29.4. The number of rotatable bonds is 6. The molecule has 0 bridgehead atoms. The second kappa shape index (κ2) is 6.86. The summed E-state index contributed by atoms with van der Waals surface area (Å²) in [7, 11) is 0. The van der Waals surface area contributed by atoms with Gasteiger partial charge in [-0.2, -0.15) is 4.39 Å². The first kappa shape index (κ1) is 19.0. The number of carbonyl (C=O) groups excluding carboxylic acids is 1. The zero-order valence-electron chi connectivity index (χ0n) is 13.1. The Balaban J connectivity index is 2.28. The van der Waals surface area contributed by atoms with Gasteiger partial charge in [0.15, 0.2) is 17.6 Å². The highest BCUT2D eigenvalue weighted by molar-refractivity contribution is 5.89. The van der Waals surface area contributed by atoms with E-state index in [9.17, 15) is 33.8 Å². The molecule has 1 aromatic heterocycles. The van der Waals surface area contributed by atoms with E-state index in [2.05, 4.69) is 0 Å². The minimum absolute atomic E-state index is 0.0617. The third-order valence-electron chi connectivity index (χ3n) is 4.12. The first-order valence-electron chi connectivity index (χ1n) is 7.41. The Morgan fingerprint density at radius 2 is 2.04 bits per heavy atom. The Hall–Kier alpha value is -2.37. The third-order valence-corrected chi connectivity index (χ3v) is 4.12. The van der Waals surface area contributed by atoms with Crippen LogP contribution < -0.4 is 11.2 Å². The van der Waals surface area contributed by atoms with Crippen LogP contribution in [0.25, 0.3) is 0 Å². The number of H-pyrrole nitrogens is 1. The van der Waals surface area contributed by atoms with Gasteiger partial charge < -0.3 is 20.1 Å². The summed E-state index contributed by atoms with van der Waals surface area (Å²) < 4.78 is 19.2. The molecule has 25 heavy (non-hydrogen) atoms. The van der Waals surface area contributed by atoms with Crippen LogP contribution in [0, 0.1) is 5.82 Å². The monoisotopic (exact) mass is 360 g/mol. The number of Topliss-reactive ketones (excluding diaryl/α,β-unsaturated/α-hetero) is 1. The summed E-state index contributed by atoms with van der Waals surface area (Å²) >= 11 is 0. The van der Waals surface area contributed by atoms with Gasteiger partial charge in [-0.25, -0.2) is 4.79 Å². The zero-order chi connectivity index (χ0) is 18.9. The van der Waals surface area contributed by atoms with Crippen molar-refractivity contribution in [3.05, 3.63) is 32.9 Å². The fraction of sp³-hybridized carbons (Fsp3) is 0.571. The fourth-order valence-corrected chi connectivity index (χ4v) is 2.70. The van der Waals surface area contributed by atoms with Crippen LogP contribution >= 0.6 is 0 Å². The summed E-state index contributed by atoms with van der Waals surface area (Å²) in [5.41, 5.74) is -4.76. The number of nitrogens with one attached hydrogen (secondary N) is 1. The predicted molar refractivity (Wildman–Crippen MR) is 78.3 cm³/mol. The van der Waals surface area contributed by atoms with Crippen molar-refractivity contribution >= 4 is 11.8 Å². The molecule has 0 saturated carbocycles. The molecule has 2 rings (SSSR count). The smallest absolute Gasteiger partial charge is 0.330 e. The normalized spacial score (nSPS) is 28.9. The molecule has 0 radical (unpaired) electrons. The van der Waals surface area contributed by atoms with Gasteiger partial charge in [-0.3, -0.25) is 23.9 Å². The van der Waals surface area contributed by atoms with Crippen LogP contribution in [-0.2, 0) is 14.3 Å². The molecule has 0 amide bonds. The summed E-state index contributed by atoms with van der Waals surface area (Å²) in [6.07, 6.45) is -5.00. The summed E-state index contributed by atoms with van der Waals surface area (Å²) in [6.45, 7) is 1.27. The van der Waals surface area contributed by atoms with Gasteiger partial charge in [0.25, 0.3) is 5.56 Å². The van der Waals surface area contributed by atoms with Crippen LogP contribution in [0.2, 0.25) is 0 Å². The van der Waals surface area contributed by atoms with Crippen molar-refractivity contribution in [2.45, 2.75) is 50.2 Å². The van der Waals surface area contributed by atoms with Crippen LogP contribution in [0.5, 0.6) is 0 Å². The maximum absolute atomic E-state index is 13.4. The average molecular weight is 360 g/mol. The second-order valence-corrected chi connectivity index (χ2v) is 5.75. The molecule has 4 atom stereocenters. The maximum Gasteiger partial charge on any atom is 0.330 e. The molecule has 10 nitrogen and oxygen atoms in total. The van der Waals surface area contributed by atoms with Gasteiger partial charge in [0.05, 0.1) is 12.3 Å². The highest BCUT2D eigenvalue weighted by Crippen LogP contribution is 2.38. The number of ketones is 1. The van der Waals surface area contributed by atoms with Crippen molar-refractivity contribution in [2.75, 3.05) is 0 Å². The highest BCUT2D eigenvalue weighted by Gasteiger charge is 2.58. The Bertz CT molecular complexity index is 803. The third kappa shape index (κ3) is 3.38. The lowest BCUT2D eigenvalue weighted by Gasteiger charge is -2.27. The Morgan fingerprint density at radius 1 is 1.40 bits per heavy atom. The molecule has 0 unspecified atom stereocenters. The molecule has 0 spiro atoms. The van der Waals surface area contributed by atoms with E-state index in [0.717, 1.165) is 0 Å². The molecule has 0 aromatic carbocycles. The van der Waals surface area contributed by atoms with Crippen molar-refractivity contribution in [1.29, 1.82) is 0 Å². The summed E-state index contributed by atoms with van der Waals surface area (Å²) in [4.78, 5) is 47.3. The quantitative estimate of drug-likeness (QED) is 0.477. The van der Waals surface area contributed by atoms with Crippen molar-refractivity contribution in [2.24, 2.45) is 0 Å². The summed E-state index contributed by atoms with van der Waals surface area (Å²) in [6, 6.07) is 0. The van der Waals surface area contributed by atoms with Crippen LogP contribution in [0.4, 0.5) is 4.39 Å². The van der Waals surface area contributed by atoms with Crippen LogP contribution in [-0.4, -0.2) is 54.4 Å². The number of carboxylic acids is 1. The molecule has 1 aromatic rings. The van der Waals surface area contributed by atoms with Gasteiger partial charge >= 0.3 is 11.7 Å². The SMILES string of the molecule is C[C@H]1O[C@@H](n2cc(F)c(=O)[nH]c2=O)[C@H](O)[C@@]1(O)C(=O)CCCC(=O)O. The van der Waals surface area contributed by atoms with Gasteiger partial charge in [0, 0.05) is 12.8 Å². The van der Waals surface area contributed by atoms with E-state index in [1.54, 1.807) is 4.98 Å². The number of hydrogen-bond donors (Lipinski definition) is 4. The van der Waals surface area contributed by atoms with Crippen LogP contribution in [0.1, 0.15) is 32.4 Å². The number of aliphatic hydroxyl groups excluding tert-OH is 1. The molecule has 1 saturated heterocycles. The molecule has 2 heterocycles. The van der Waals surface area contributed by atoms with E-state index >= 15 is 0 Å². The number of aromatic nitrogens is 2. The maximum atomic E-state index is 13.4. The number of aliphatic hydroxyl groups is 2. The lowest BCUT2D eigenvalue weighted by molar-refractivity contribution is -0.151. The Morgan fingerprint density at radius 3 is 2.64 bits per heavy atom. The molecule has 1 fully saturated rings. The van der Waals surface area contributed by atoms with Gasteiger partial charge in [-0.05, 0) is 13.3 Å². The van der Waals surface area contributed by atoms with Crippen molar-refractivity contribution < 1.29 is 34.0 Å². The molecule has 11 heteroatoms. The van der Waals surface area contributed by atoms with E-state index in [4.69, 9.17) is 9.84 Å². The average Bonchev–Trinajstić information content (AvgIpc) is 2.75. The standard InChI is InChI=1S/C14H17FN2O8/c1-6-14(24,8(18)3-2-4-9(19)20)10(21)12(25-6)17-5-7(15)11(22)16-13(17)23/h5-6,10,12,21,24H,2-4H2,1H3,(H,19,20)(H,16,22,23)/t6-,10+,12-,14+/m1/s1. The molecule has 4 N–H and O–H groups in total. The number of carboxylic acid groups (broad SMARTS) is 1. The Kier molecular flexibility index (Phi) is 5.20. The van der Waals surface area contributed by atoms with E-state index in [1.165, 1.54) is 6.92 Å². The zero-order valence-corrected chi connectivity index (χ0v) is 13.1. The van der Waals surface area contributed by atoms with E-state index < -0.39 is 52.9 Å². The summed E-state index contributed by atoms with van der Waals surface area (Å²) in [5.74, 6) is -3.30. The van der Waals surface area contributed by atoms with Gasteiger partial charge in [-0.15, -0.1) is 0 Å². The number of aliphatic carboxylic acids is 1. The lowest BCUT2D eigenvalue weighted by Crippen LogP contribution is -2.54. The molecule has 1 aliphatic rings. The number of nitrogens with zero attached hydrogens (tertiary/aromatic N) is 1. The first-order valence-corrected chi connectivity index (χ1v) is 7.41. The molecular weight excluding hydrogens is 343 g/mol. The van der Waals surface area contributed by atoms with E-state index in [-0.39, 0.29) is 19.3 Å². The molecule has 0 aliphatic carbocycles. The number of hydrogen-bond acceptors (Lipinski definition) is 7. The highest BCUT2D eigenvalue weighted by atomic mass is 19.1. The van der Waals surface area contributed by atoms with Gasteiger partial charge in [0.2, 0.25) is 5.82 Å². The molecular formula is C14H17FN2O8. The second-order valence-electron chi connectivity index (χ2n) is 5.75. The predicted octanol–water partition coefficient (Wildman–Crippen LogP) is -1.49. The van der Waals surface area contributed by atoms with Crippen LogP contribution in [0.3, 0.4) is 0 Å². The van der Waals surface area contributed by atoms with Crippen molar-refractivity contribution in [1.82, 2.24) is 9.55 Å². The lowest BCUT2D eigenvalue weighted by atomic mass is 9.86. The topological polar surface area (TPSA) is 159 Å². The number of carbonyl (C=O) groups is 2. The minimum Gasteiger partial charge on any atom is -0.481 e. The number of aromatic amines is 1. The van der Waals surface area contributed by atoms with E-state index in [1.807, 2.05) is 0 Å². The minimum atomic E-state index is -2.41. The van der Waals surface area contributed by atoms with E-state index in [0.29, 0.717) is 10.8 Å². The number of ether oxygens (including phenoxy) is 1. The van der Waals surface area contributed by atoms with Crippen LogP contribution in [0.15, 0.2) is 15.8 Å². The van der Waals surface area contributed by atoms with Gasteiger partial charge in [0.1, 0.15) is 6.10 Å². The van der Waals surface area contributed by atoms with Gasteiger partial charge in [-0.1, -0.05) is 0 Å².